The number of anilines is 1. The lowest BCUT2D eigenvalue weighted by Gasteiger charge is -2.16. The van der Waals surface area contributed by atoms with Crippen LogP contribution in [0.4, 0.5) is 5.69 Å². The molecule has 0 spiro atoms. The van der Waals surface area contributed by atoms with Crippen LogP contribution < -0.4 is 10.1 Å². The Balaban J connectivity index is 1.71. The molecule has 1 aliphatic heterocycles. The zero-order chi connectivity index (χ0) is 23.5. The van der Waals surface area contributed by atoms with E-state index >= 15 is 0 Å². The van der Waals surface area contributed by atoms with Crippen molar-refractivity contribution in [2.75, 3.05) is 11.9 Å². The molecule has 5 nitrogen and oxygen atoms in total. The third-order valence-corrected chi connectivity index (χ3v) is 5.86. The van der Waals surface area contributed by atoms with E-state index in [9.17, 15) is 9.59 Å². The minimum Gasteiger partial charge on any atom is -0.494 e. The number of nitrogens with one attached hydrogen (secondary N) is 1. The molecule has 1 heterocycles. The van der Waals surface area contributed by atoms with Crippen LogP contribution in [0.5, 0.6) is 5.75 Å². The van der Waals surface area contributed by atoms with Gasteiger partial charge in [0.2, 0.25) is 0 Å². The van der Waals surface area contributed by atoms with Crippen LogP contribution in [-0.2, 0) is 16.1 Å². The van der Waals surface area contributed by atoms with E-state index in [0.717, 1.165) is 33.6 Å². The lowest BCUT2D eigenvalue weighted by atomic mass is 9.99. The van der Waals surface area contributed by atoms with Gasteiger partial charge in [-0.25, -0.2) is 0 Å². The molecule has 33 heavy (non-hydrogen) atoms. The molecular weight excluding hydrogens is 412 g/mol. The van der Waals surface area contributed by atoms with Crippen molar-refractivity contribution in [3.63, 3.8) is 0 Å². The number of benzene rings is 3. The summed E-state index contributed by atoms with van der Waals surface area (Å²) in [7, 11) is 0. The van der Waals surface area contributed by atoms with E-state index in [4.69, 9.17) is 4.74 Å². The topological polar surface area (TPSA) is 58.6 Å². The van der Waals surface area contributed by atoms with Crippen molar-refractivity contribution in [3.8, 4) is 5.75 Å². The van der Waals surface area contributed by atoms with Gasteiger partial charge in [-0.2, -0.15) is 0 Å². The number of hydrogen-bond donors (Lipinski definition) is 1. The van der Waals surface area contributed by atoms with Crippen LogP contribution in [0.3, 0.4) is 0 Å². The molecule has 168 valence electrons. The summed E-state index contributed by atoms with van der Waals surface area (Å²) in [5.41, 5.74) is 6.37. The van der Waals surface area contributed by atoms with E-state index in [0.29, 0.717) is 23.6 Å². The number of amides is 2. The Hall–Kier alpha value is -3.86. The van der Waals surface area contributed by atoms with Crippen molar-refractivity contribution in [1.82, 2.24) is 4.90 Å². The number of carbonyl (C=O) groups excluding carboxylic acids is 2. The lowest BCUT2D eigenvalue weighted by molar-refractivity contribution is -0.137. The molecule has 0 aliphatic carbocycles. The minimum atomic E-state index is -0.331. The van der Waals surface area contributed by atoms with Crippen molar-refractivity contribution in [2.45, 2.75) is 34.2 Å². The van der Waals surface area contributed by atoms with Gasteiger partial charge in [0, 0.05) is 5.69 Å². The third kappa shape index (κ3) is 4.67. The van der Waals surface area contributed by atoms with Crippen LogP contribution in [0, 0.1) is 20.8 Å². The van der Waals surface area contributed by atoms with Crippen molar-refractivity contribution in [1.29, 1.82) is 0 Å². The molecule has 2 amide bonds. The SMILES string of the molecule is CCOc1ccc(NC2=C(c3ccc(C)c(C)c3)C(=O)N(Cc3ccc(C)cc3)C2=O)cc1. The Morgan fingerprint density at radius 2 is 1.52 bits per heavy atom. The van der Waals surface area contributed by atoms with Crippen LogP contribution >= 0.6 is 0 Å². The number of rotatable bonds is 7. The fourth-order valence-corrected chi connectivity index (χ4v) is 3.82. The van der Waals surface area contributed by atoms with Crippen molar-refractivity contribution in [3.05, 3.63) is 100 Å². The molecule has 5 heteroatoms. The molecule has 0 unspecified atom stereocenters. The fourth-order valence-electron chi connectivity index (χ4n) is 3.82. The maximum atomic E-state index is 13.5. The first-order valence-corrected chi connectivity index (χ1v) is 11.1. The van der Waals surface area contributed by atoms with E-state index in [1.165, 1.54) is 4.90 Å². The van der Waals surface area contributed by atoms with E-state index in [-0.39, 0.29) is 18.4 Å². The van der Waals surface area contributed by atoms with Gasteiger partial charge in [0.1, 0.15) is 11.4 Å². The van der Waals surface area contributed by atoms with Crippen molar-refractivity contribution >= 4 is 23.1 Å². The van der Waals surface area contributed by atoms with Gasteiger partial charge in [-0.1, -0.05) is 48.0 Å². The third-order valence-electron chi connectivity index (χ3n) is 5.86. The van der Waals surface area contributed by atoms with Gasteiger partial charge >= 0.3 is 0 Å². The normalized spacial score (nSPS) is 13.6. The number of hydrogen-bond acceptors (Lipinski definition) is 4. The highest BCUT2D eigenvalue weighted by atomic mass is 16.5. The van der Waals surface area contributed by atoms with E-state index in [2.05, 4.69) is 5.32 Å². The summed E-state index contributed by atoms with van der Waals surface area (Å²) in [6, 6.07) is 21.1. The molecule has 1 aliphatic rings. The molecule has 4 rings (SSSR count). The summed E-state index contributed by atoms with van der Waals surface area (Å²) >= 11 is 0. The zero-order valence-corrected chi connectivity index (χ0v) is 19.4. The zero-order valence-electron chi connectivity index (χ0n) is 19.4. The molecule has 3 aromatic carbocycles. The Morgan fingerprint density at radius 1 is 0.818 bits per heavy atom. The van der Waals surface area contributed by atoms with Crippen LogP contribution in [-0.4, -0.2) is 23.3 Å². The van der Waals surface area contributed by atoms with Gasteiger partial charge in [0.25, 0.3) is 11.8 Å². The summed E-state index contributed by atoms with van der Waals surface area (Å²) in [6.45, 7) is 8.77. The molecule has 0 bridgehead atoms. The van der Waals surface area contributed by atoms with Gasteiger partial charge in [0.15, 0.2) is 0 Å². The van der Waals surface area contributed by atoms with Gasteiger partial charge in [0.05, 0.1) is 18.7 Å². The Kier molecular flexibility index (Phi) is 6.31. The van der Waals surface area contributed by atoms with Crippen molar-refractivity contribution in [2.24, 2.45) is 0 Å². The Morgan fingerprint density at radius 3 is 2.15 bits per heavy atom. The maximum absolute atomic E-state index is 13.5. The van der Waals surface area contributed by atoms with E-state index in [1.807, 2.05) is 94.4 Å². The molecule has 0 aromatic heterocycles. The summed E-state index contributed by atoms with van der Waals surface area (Å²) in [4.78, 5) is 28.3. The summed E-state index contributed by atoms with van der Waals surface area (Å²) in [5.74, 6) is 0.126. The van der Waals surface area contributed by atoms with Crippen LogP contribution in [0.2, 0.25) is 0 Å². The average molecular weight is 441 g/mol. The predicted molar refractivity (Wildman–Crippen MR) is 131 cm³/mol. The standard InChI is InChI=1S/C28H28N2O3/c1-5-33-24-14-12-23(13-15-24)29-26-25(22-11-8-19(3)20(4)16-22)27(31)30(28(26)32)17-21-9-6-18(2)7-10-21/h6-16,29H,5,17H2,1-4H3. The Labute approximate surface area is 194 Å². The summed E-state index contributed by atoms with van der Waals surface area (Å²) < 4.78 is 5.51. The van der Waals surface area contributed by atoms with Gasteiger partial charge in [-0.05, 0) is 74.2 Å². The number of aryl methyl sites for hydroxylation is 3. The quantitative estimate of drug-likeness (QED) is 0.500. The molecular formula is C28H28N2O3. The maximum Gasteiger partial charge on any atom is 0.278 e. The second kappa shape index (κ2) is 9.33. The second-order valence-corrected chi connectivity index (χ2v) is 8.31. The minimum absolute atomic E-state index is 0.223. The predicted octanol–water partition coefficient (Wildman–Crippen LogP) is 5.40. The number of nitrogens with zero attached hydrogens (tertiary/aromatic N) is 1. The smallest absolute Gasteiger partial charge is 0.278 e. The highest BCUT2D eigenvalue weighted by Gasteiger charge is 2.39. The van der Waals surface area contributed by atoms with Crippen molar-refractivity contribution < 1.29 is 14.3 Å². The first kappa shape index (κ1) is 22.3. The summed E-state index contributed by atoms with van der Waals surface area (Å²) in [6.07, 6.45) is 0. The molecule has 0 saturated heterocycles. The molecule has 3 aromatic rings. The van der Waals surface area contributed by atoms with Crippen LogP contribution in [0.25, 0.3) is 5.57 Å². The van der Waals surface area contributed by atoms with Gasteiger partial charge in [-0.15, -0.1) is 0 Å². The van der Waals surface area contributed by atoms with Gasteiger partial charge in [-0.3, -0.25) is 14.5 Å². The number of carbonyl (C=O) groups is 2. The van der Waals surface area contributed by atoms with Crippen LogP contribution in [0.1, 0.15) is 34.7 Å². The monoisotopic (exact) mass is 440 g/mol. The molecule has 0 fully saturated rings. The highest BCUT2D eigenvalue weighted by molar-refractivity contribution is 6.36. The first-order chi connectivity index (χ1) is 15.9. The van der Waals surface area contributed by atoms with Gasteiger partial charge < -0.3 is 10.1 Å². The van der Waals surface area contributed by atoms with E-state index < -0.39 is 0 Å². The Bertz CT molecular complexity index is 1230. The fraction of sp³-hybridized carbons (Fsp3) is 0.214. The number of ether oxygens (including phenoxy) is 1. The first-order valence-electron chi connectivity index (χ1n) is 11.1. The highest BCUT2D eigenvalue weighted by Crippen LogP contribution is 2.32. The largest absolute Gasteiger partial charge is 0.494 e. The van der Waals surface area contributed by atoms with Crippen LogP contribution in [0.15, 0.2) is 72.4 Å². The van der Waals surface area contributed by atoms with E-state index in [1.54, 1.807) is 0 Å². The second-order valence-electron chi connectivity index (χ2n) is 8.31. The molecule has 0 saturated carbocycles. The molecule has 0 atom stereocenters. The average Bonchev–Trinajstić information content (AvgIpc) is 3.03. The lowest BCUT2D eigenvalue weighted by Crippen LogP contribution is -2.32. The molecule has 1 N–H and O–H groups in total. The molecule has 0 radical (unpaired) electrons. The summed E-state index contributed by atoms with van der Waals surface area (Å²) in [5, 5.41) is 3.21. The number of imide groups is 1.